The maximum Gasteiger partial charge on any atom is 0.246 e. The monoisotopic (exact) mass is 284 g/mol. The average Bonchev–Trinajstić information content (AvgIpc) is 3.05. The molecule has 5 nitrogen and oxygen atoms in total. The zero-order valence-corrected chi connectivity index (χ0v) is 12.0. The first kappa shape index (κ1) is 13.2. The number of amides is 2. The maximum absolute atomic E-state index is 12.6. The number of fused-ring (bicyclic) bond motifs is 1. The summed E-state index contributed by atoms with van der Waals surface area (Å²) in [5, 5.41) is 9.16. The van der Waals surface area contributed by atoms with Crippen LogP contribution in [-0.4, -0.2) is 63.1 Å². The van der Waals surface area contributed by atoms with Gasteiger partial charge in [0.15, 0.2) is 0 Å². The highest BCUT2D eigenvalue weighted by atomic mass is 32.2. The van der Waals surface area contributed by atoms with Gasteiger partial charge in [-0.1, -0.05) is 0 Å². The fourth-order valence-electron chi connectivity index (χ4n) is 3.40. The second-order valence-electron chi connectivity index (χ2n) is 5.89. The van der Waals surface area contributed by atoms with Gasteiger partial charge in [-0.15, -0.1) is 11.8 Å². The van der Waals surface area contributed by atoms with Gasteiger partial charge in [0.25, 0.3) is 0 Å². The summed E-state index contributed by atoms with van der Waals surface area (Å²) in [6.07, 6.45) is 2.28. The number of rotatable bonds is 2. The number of carbonyl (C=O) groups is 2. The third-order valence-corrected chi connectivity index (χ3v) is 6.09. The van der Waals surface area contributed by atoms with Gasteiger partial charge in [0.1, 0.15) is 6.04 Å². The van der Waals surface area contributed by atoms with Gasteiger partial charge in [-0.3, -0.25) is 9.59 Å². The molecule has 106 valence electrons. The summed E-state index contributed by atoms with van der Waals surface area (Å²) >= 11 is 1.73. The smallest absolute Gasteiger partial charge is 0.246 e. The average molecular weight is 284 g/mol. The van der Waals surface area contributed by atoms with Crippen molar-refractivity contribution < 1.29 is 14.7 Å². The highest BCUT2D eigenvalue weighted by Crippen LogP contribution is 2.47. The van der Waals surface area contributed by atoms with Crippen LogP contribution >= 0.6 is 11.8 Å². The summed E-state index contributed by atoms with van der Waals surface area (Å²) in [4.78, 5) is 28.1. The Kier molecular flexibility index (Phi) is 3.25. The Morgan fingerprint density at radius 1 is 1.58 bits per heavy atom. The van der Waals surface area contributed by atoms with Gasteiger partial charge in [-0.25, -0.2) is 0 Å². The molecule has 0 aliphatic carbocycles. The number of likely N-dealkylation sites (tertiary alicyclic amines) is 1. The van der Waals surface area contributed by atoms with Crippen molar-refractivity contribution in [3.05, 3.63) is 0 Å². The standard InChI is InChI=1S/C13H20N2O3S/c1-13-4-2-11(17)15(13)10(8-19-13)12(18)14-5-3-9(6-14)7-16/h9-10,16H,2-8H2,1H3. The van der Waals surface area contributed by atoms with Crippen molar-refractivity contribution in [3.8, 4) is 0 Å². The Labute approximate surface area is 117 Å². The van der Waals surface area contributed by atoms with E-state index in [0.717, 1.165) is 12.8 Å². The van der Waals surface area contributed by atoms with Gasteiger partial charge in [-0.05, 0) is 19.8 Å². The van der Waals surface area contributed by atoms with Gasteiger partial charge >= 0.3 is 0 Å². The highest BCUT2D eigenvalue weighted by Gasteiger charge is 2.53. The third-order valence-electron chi connectivity index (χ3n) is 4.59. The van der Waals surface area contributed by atoms with Crippen molar-refractivity contribution in [1.29, 1.82) is 0 Å². The van der Waals surface area contributed by atoms with Crippen LogP contribution in [0.15, 0.2) is 0 Å². The van der Waals surface area contributed by atoms with Gasteiger partial charge < -0.3 is 14.9 Å². The fourth-order valence-corrected chi connectivity index (χ4v) is 4.82. The second kappa shape index (κ2) is 4.66. The van der Waals surface area contributed by atoms with E-state index >= 15 is 0 Å². The molecule has 3 rings (SSSR count). The molecule has 0 bridgehead atoms. The molecule has 0 radical (unpaired) electrons. The number of thioether (sulfide) groups is 1. The van der Waals surface area contributed by atoms with Crippen LogP contribution in [0.1, 0.15) is 26.2 Å². The summed E-state index contributed by atoms with van der Waals surface area (Å²) in [5.41, 5.74) is 0. The first-order valence-electron chi connectivity index (χ1n) is 6.91. The zero-order valence-electron chi connectivity index (χ0n) is 11.2. The molecule has 19 heavy (non-hydrogen) atoms. The number of carbonyl (C=O) groups excluding carboxylic acids is 2. The van der Waals surface area contributed by atoms with Crippen LogP contribution in [0.5, 0.6) is 0 Å². The molecule has 6 heteroatoms. The molecule has 3 unspecified atom stereocenters. The van der Waals surface area contributed by atoms with Crippen LogP contribution in [0.3, 0.4) is 0 Å². The van der Waals surface area contributed by atoms with Crippen molar-refractivity contribution in [1.82, 2.24) is 9.80 Å². The molecule has 3 fully saturated rings. The normalized spacial score (nSPS) is 38.1. The van der Waals surface area contributed by atoms with Gasteiger partial charge in [-0.2, -0.15) is 0 Å². The molecule has 0 aromatic carbocycles. The minimum Gasteiger partial charge on any atom is -0.396 e. The Hall–Kier alpha value is -0.750. The summed E-state index contributed by atoms with van der Waals surface area (Å²) in [7, 11) is 0. The number of aliphatic hydroxyl groups excluding tert-OH is 1. The first-order valence-corrected chi connectivity index (χ1v) is 7.89. The van der Waals surface area contributed by atoms with E-state index in [1.54, 1.807) is 11.8 Å². The lowest BCUT2D eigenvalue weighted by atomic mass is 10.1. The van der Waals surface area contributed by atoms with E-state index in [1.807, 2.05) is 9.80 Å². The lowest BCUT2D eigenvalue weighted by Crippen LogP contribution is -2.50. The molecule has 3 saturated heterocycles. The Morgan fingerprint density at radius 3 is 3.05 bits per heavy atom. The van der Waals surface area contributed by atoms with E-state index in [0.29, 0.717) is 25.3 Å². The van der Waals surface area contributed by atoms with Gasteiger partial charge in [0.05, 0.1) is 4.87 Å². The molecular weight excluding hydrogens is 264 g/mol. The molecule has 3 atom stereocenters. The topological polar surface area (TPSA) is 60.9 Å². The number of hydrogen-bond donors (Lipinski definition) is 1. The van der Waals surface area contributed by atoms with Crippen LogP contribution in [-0.2, 0) is 9.59 Å². The van der Waals surface area contributed by atoms with Crippen LogP contribution in [0.25, 0.3) is 0 Å². The Bertz CT molecular complexity index is 417. The Balaban J connectivity index is 1.73. The van der Waals surface area contributed by atoms with Crippen LogP contribution in [0.2, 0.25) is 0 Å². The minimum absolute atomic E-state index is 0.0717. The van der Waals surface area contributed by atoms with E-state index in [1.165, 1.54) is 0 Å². The molecule has 3 aliphatic rings. The van der Waals surface area contributed by atoms with Crippen molar-refractivity contribution in [2.24, 2.45) is 5.92 Å². The minimum atomic E-state index is -0.289. The summed E-state index contributed by atoms with van der Waals surface area (Å²) in [6.45, 7) is 3.55. The van der Waals surface area contributed by atoms with E-state index in [9.17, 15) is 9.59 Å². The van der Waals surface area contributed by atoms with Crippen molar-refractivity contribution in [2.45, 2.75) is 37.1 Å². The molecule has 0 spiro atoms. The van der Waals surface area contributed by atoms with Crippen molar-refractivity contribution in [2.75, 3.05) is 25.4 Å². The molecule has 2 amide bonds. The lowest BCUT2D eigenvalue weighted by Gasteiger charge is -2.31. The lowest BCUT2D eigenvalue weighted by molar-refractivity contribution is -0.143. The zero-order chi connectivity index (χ0) is 13.6. The highest BCUT2D eigenvalue weighted by molar-refractivity contribution is 8.01. The summed E-state index contributed by atoms with van der Waals surface area (Å²) in [5.74, 6) is 1.10. The largest absolute Gasteiger partial charge is 0.396 e. The molecule has 0 aromatic rings. The van der Waals surface area contributed by atoms with E-state index in [2.05, 4.69) is 6.92 Å². The predicted molar refractivity (Wildman–Crippen MR) is 72.5 cm³/mol. The van der Waals surface area contributed by atoms with Gasteiger partial charge in [0.2, 0.25) is 11.8 Å². The van der Waals surface area contributed by atoms with Crippen molar-refractivity contribution in [3.63, 3.8) is 0 Å². The molecule has 0 saturated carbocycles. The molecular formula is C13H20N2O3S. The quantitative estimate of drug-likeness (QED) is 0.791. The third kappa shape index (κ3) is 2.05. The van der Waals surface area contributed by atoms with Crippen LogP contribution in [0.4, 0.5) is 0 Å². The number of hydrogen-bond acceptors (Lipinski definition) is 4. The first-order chi connectivity index (χ1) is 9.05. The SMILES string of the molecule is CC12CCC(=O)N1C(C(=O)N1CCC(CO)C1)CS2. The molecule has 0 aromatic heterocycles. The van der Waals surface area contributed by atoms with Gasteiger partial charge in [0, 0.05) is 37.8 Å². The predicted octanol–water partition coefficient (Wildman–Crippen LogP) is 0.281. The van der Waals surface area contributed by atoms with Crippen molar-refractivity contribution >= 4 is 23.6 Å². The maximum atomic E-state index is 12.6. The number of aliphatic hydroxyl groups is 1. The second-order valence-corrected chi connectivity index (χ2v) is 7.39. The van der Waals surface area contributed by atoms with E-state index < -0.39 is 0 Å². The van der Waals surface area contributed by atoms with Crippen LogP contribution < -0.4 is 0 Å². The van der Waals surface area contributed by atoms with E-state index in [-0.39, 0.29) is 35.3 Å². The molecule has 3 heterocycles. The molecule has 1 N–H and O–H groups in total. The Morgan fingerprint density at radius 2 is 2.37 bits per heavy atom. The summed E-state index contributed by atoms with van der Waals surface area (Å²) < 4.78 is 0. The number of nitrogens with zero attached hydrogens (tertiary/aromatic N) is 2. The summed E-state index contributed by atoms with van der Waals surface area (Å²) in [6, 6.07) is -0.289. The van der Waals surface area contributed by atoms with E-state index in [4.69, 9.17) is 5.11 Å². The fraction of sp³-hybridized carbons (Fsp3) is 0.846. The molecule has 3 aliphatic heterocycles. The van der Waals surface area contributed by atoms with Crippen LogP contribution in [0, 0.1) is 5.92 Å².